The lowest BCUT2D eigenvalue weighted by Gasteiger charge is -2.40. The van der Waals surface area contributed by atoms with Crippen molar-refractivity contribution in [1.29, 1.82) is 0 Å². The first-order chi connectivity index (χ1) is 13.8. The number of rotatable bonds is 4. The zero-order chi connectivity index (χ0) is 20.8. The van der Waals surface area contributed by atoms with Gasteiger partial charge in [-0.25, -0.2) is 0 Å². The molecule has 1 aromatic carbocycles. The average Bonchev–Trinajstić information content (AvgIpc) is 3.41. The fourth-order valence-electron chi connectivity index (χ4n) is 5.38. The van der Waals surface area contributed by atoms with Crippen molar-refractivity contribution in [2.45, 2.75) is 32.6 Å². The zero-order valence-corrected chi connectivity index (χ0v) is 16.8. The summed E-state index contributed by atoms with van der Waals surface area (Å²) in [5.74, 6) is -2.78. The highest BCUT2D eigenvalue weighted by Gasteiger charge is 2.61. The summed E-state index contributed by atoms with van der Waals surface area (Å²) in [6.07, 6.45) is 2.29. The summed E-state index contributed by atoms with van der Waals surface area (Å²) in [5, 5.41) is 9.76. The Kier molecular flexibility index (Phi) is 5.00. The third kappa shape index (κ3) is 3.70. The summed E-state index contributed by atoms with van der Waals surface area (Å²) in [4.78, 5) is 40.7. The lowest BCUT2D eigenvalue weighted by Crippen LogP contribution is -2.52. The number of piperazine rings is 1. The number of benzene rings is 1. The lowest BCUT2D eigenvalue weighted by atomic mass is 9.70. The number of nitrogens with zero attached hydrogens (tertiary/aromatic N) is 2. The summed E-state index contributed by atoms with van der Waals surface area (Å²) >= 11 is 0. The van der Waals surface area contributed by atoms with Crippen LogP contribution in [0.1, 0.15) is 31.2 Å². The number of nitrogens with two attached hydrogens (primary N) is 1. The molecular weight excluding hydrogens is 370 g/mol. The zero-order valence-electron chi connectivity index (χ0n) is 16.8. The first-order valence-corrected chi connectivity index (χ1v) is 10.4. The van der Waals surface area contributed by atoms with Crippen molar-refractivity contribution in [3.8, 4) is 0 Å². The van der Waals surface area contributed by atoms with Crippen LogP contribution in [0.15, 0.2) is 24.3 Å². The summed E-state index contributed by atoms with van der Waals surface area (Å²) in [7, 11) is 0. The van der Waals surface area contributed by atoms with E-state index in [9.17, 15) is 19.5 Å². The predicted octanol–water partition coefficient (Wildman–Crippen LogP) is 1.64. The standard InChI is InChI=1S/C22H29N3O4/c1-14-3-2-4-15(11-14)24-7-9-25(10-8-24)20(27)16-5-6-22(12-17(16)21(28)29)13-18(22)19(23)26/h2-4,11,16-18H,5-10,12-13H2,1H3,(H2,23,26)(H,28,29). The molecule has 3 fully saturated rings. The van der Waals surface area contributed by atoms with Crippen LogP contribution in [-0.2, 0) is 14.4 Å². The molecule has 7 nitrogen and oxygen atoms in total. The van der Waals surface area contributed by atoms with E-state index in [1.165, 1.54) is 5.56 Å². The SMILES string of the molecule is Cc1cccc(N2CCN(C(=O)C3CCC4(CC3C(=O)O)CC4C(N)=O)CC2)c1. The van der Waals surface area contributed by atoms with E-state index in [2.05, 4.69) is 30.0 Å². The van der Waals surface area contributed by atoms with E-state index in [1.54, 1.807) is 0 Å². The molecule has 4 atom stereocenters. The molecule has 1 aromatic rings. The molecule has 0 aromatic heterocycles. The van der Waals surface area contributed by atoms with Crippen LogP contribution in [0, 0.1) is 30.1 Å². The fourth-order valence-corrected chi connectivity index (χ4v) is 5.38. The van der Waals surface area contributed by atoms with E-state index in [0.29, 0.717) is 38.8 Å². The second-order valence-electron chi connectivity index (χ2n) is 8.97. The number of aliphatic carboxylic acids is 1. The molecule has 4 rings (SSSR count). The Balaban J connectivity index is 1.39. The number of carbonyl (C=O) groups excluding carboxylic acids is 2. The average molecular weight is 399 g/mol. The minimum Gasteiger partial charge on any atom is -0.481 e. The number of hydrogen-bond acceptors (Lipinski definition) is 4. The Hall–Kier alpha value is -2.57. The molecule has 1 heterocycles. The topological polar surface area (TPSA) is 104 Å². The number of primary amides is 1. The van der Waals surface area contributed by atoms with Crippen LogP contribution in [0.3, 0.4) is 0 Å². The number of aryl methyl sites for hydroxylation is 1. The third-order valence-corrected chi connectivity index (χ3v) is 7.19. The van der Waals surface area contributed by atoms with E-state index in [4.69, 9.17) is 5.73 Å². The van der Waals surface area contributed by atoms with Crippen LogP contribution in [0.25, 0.3) is 0 Å². The van der Waals surface area contributed by atoms with Crippen molar-refractivity contribution in [3.63, 3.8) is 0 Å². The van der Waals surface area contributed by atoms with Gasteiger partial charge < -0.3 is 20.6 Å². The molecule has 1 aliphatic heterocycles. The van der Waals surface area contributed by atoms with Gasteiger partial charge in [-0.15, -0.1) is 0 Å². The second-order valence-corrected chi connectivity index (χ2v) is 8.97. The molecule has 29 heavy (non-hydrogen) atoms. The highest BCUT2D eigenvalue weighted by atomic mass is 16.4. The molecule has 2 saturated carbocycles. The van der Waals surface area contributed by atoms with Gasteiger partial charge in [-0.1, -0.05) is 12.1 Å². The minimum absolute atomic E-state index is 0.0487. The highest BCUT2D eigenvalue weighted by Crippen LogP contribution is 2.63. The molecule has 4 unspecified atom stereocenters. The maximum Gasteiger partial charge on any atom is 0.307 e. The van der Waals surface area contributed by atoms with Crippen molar-refractivity contribution in [1.82, 2.24) is 4.90 Å². The number of anilines is 1. The molecule has 2 amide bonds. The highest BCUT2D eigenvalue weighted by molar-refractivity contribution is 5.86. The Morgan fingerprint density at radius 2 is 1.83 bits per heavy atom. The maximum absolute atomic E-state index is 13.2. The third-order valence-electron chi connectivity index (χ3n) is 7.19. The molecule has 0 bridgehead atoms. The van der Waals surface area contributed by atoms with Gasteiger partial charge in [0.05, 0.1) is 11.8 Å². The van der Waals surface area contributed by atoms with Gasteiger partial charge in [-0.05, 0) is 55.7 Å². The quantitative estimate of drug-likeness (QED) is 0.801. The molecule has 1 saturated heterocycles. The first kappa shape index (κ1) is 19.7. The minimum atomic E-state index is -0.934. The molecule has 3 aliphatic rings. The molecule has 3 N–H and O–H groups in total. The Labute approximate surface area is 170 Å². The van der Waals surface area contributed by atoms with E-state index < -0.39 is 17.8 Å². The van der Waals surface area contributed by atoms with Gasteiger partial charge in [-0.2, -0.15) is 0 Å². The summed E-state index contributed by atoms with van der Waals surface area (Å²) < 4.78 is 0. The molecular formula is C22H29N3O4. The number of hydrogen-bond donors (Lipinski definition) is 2. The van der Waals surface area contributed by atoms with E-state index >= 15 is 0 Å². The predicted molar refractivity (Wildman–Crippen MR) is 108 cm³/mol. The van der Waals surface area contributed by atoms with Gasteiger partial charge in [0.1, 0.15) is 0 Å². The largest absolute Gasteiger partial charge is 0.481 e. The number of carboxylic acid groups (broad SMARTS) is 1. The summed E-state index contributed by atoms with van der Waals surface area (Å²) in [6.45, 7) is 4.75. The van der Waals surface area contributed by atoms with Crippen molar-refractivity contribution < 1.29 is 19.5 Å². The summed E-state index contributed by atoms with van der Waals surface area (Å²) in [6, 6.07) is 8.32. The van der Waals surface area contributed by atoms with Crippen LogP contribution in [0.4, 0.5) is 5.69 Å². The lowest BCUT2D eigenvalue weighted by molar-refractivity contribution is -0.154. The van der Waals surface area contributed by atoms with Crippen molar-refractivity contribution in [3.05, 3.63) is 29.8 Å². The number of amides is 2. The maximum atomic E-state index is 13.2. The van der Waals surface area contributed by atoms with Gasteiger partial charge in [0.2, 0.25) is 11.8 Å². The molecule has 7 heteroatoms. The molecule has 156 valence electrons. The Morgan fingerprint density at radius 1 is 1.10 bits per heavy atom. The number of carboxylic acids is 1. The van der Waals surface area contributed by atoms with Gasteiger partial charge >= 0.3 is 5.97 Å². The van der Waals surface area contributed by atoms with E-state index in [1.807, 2.05) is 11.0 Å². The Bertz CT molecular complexity index is 833. The van der Waals surface area contributed by atoms with Gasteiger partial charge in [-0.3, -0.25) is 14.4 Å². The van der Waals surface area contributed by atoms with E-state index in [-0.39, 0.29) is 23.1 Å². The van der Waals surface area contributed by atoms with Gasteiger partial charge in [0.25, 0.3) is 0 Å². The van der Waals surface area contributed by atoms with Crippen molar-refractivity contribution >= 4 is 23.5 Å². The van der Waals surface area contributed by atoms with Gasteiger partial charge in [0.15, 0.2) is 0 Å². The smallest absolute Gasteiger partial charge is 0.307 e. The normalized spacial score (nSPS) is 31.6. The Morgan fingerprint density at radius 3 is 2.41 bits per heavy atom. The van der Waals surface area contributed by atoms with Crippen molar-refractivity contribution in [2.75, 3.05) is 31.1 Å². The summed E-state index contributed by atoms with van der Waals surface area (Å²) in [5.41, 5.74) is 7.52. The van der Waals surface area contributed by atoms with Crippen LogP contribution >= 0.6 is 0 Å². The first-order valence-electron chi connectivity index (χ1n) is 10.4. The molecule has 1 spiro atoms. The van der Waals surface area contributed by atoms with Crippen LogP contribution in [-0.4, -0.2) is 54.0 Å². The number of carbonyl (C=O) groups is 3. The fraction of sp³-hybridized carbons (Fsp3) is 0.591. The van der Waals surface area contributed by atoms with Crippen molar-refractivity contribution in [2.24, 2.45) is 28.9 Å². The van der Waals surface area contributed by atoms with Crippen LogP contribution < -0.4 is 10.6 Å². The monoisotopic (exact) mass is 399 g/mol. The van der Waals surface area contributed by atoms with Gasteiger partial charge in [0, 0.05) is 37.8 Å². The van der Waals surface area contributed by atoms with Crippen LogP contribution in [0.5, 0.6) is 0 Å². The molecule has 0 radical (unpaired) electrons. The molecule has 2 aliphatic carbocycles. The van der Waals surface area contributed by atoms with Crippen LogP contribution in [0.2, 0.25) is 0 Å². The second kappa shape index (κ2) is 7.35. The van der Waals surface area contributed by atoms with E-state index in [0.717, 1.165) is 18.8 Å².